The van der Waals surface area contributed by atoms with Crippen LogP contribution in [0.4, 0.5) is 0 Å². The number of hydrogen-bond acceptors (Lipinski definition) is 3. The highest BCUT2D eigenvalue weighted by Gasteiger charge is 2.09. The van der Waals surface area contributed by atoms with E-state index in [2.05, 4.69) is 15.0 Å². The standard InChI is InChI=1S/C18H24N4O2S.HI/c19-18(20-12-11-16-7-3-1-4-8-16)21-13-14-25(23,24)22-15-17-9-5-2-6-10-17;/h1-10,22H,11-15H2,(H3,19,20,21);1H. The van der Waals surface area contributed by atoms with Gasteiger partial charge in [-0.15, -0.1) is 24.0 Å². The molecule has 2 aromatic rings. The van der Waals surface area contributed by atoms with Crippen LogP contribution >= 0.6 is 24.0 Å². The molecule has 0 heterocycles. The Labute approximate surface area is 172 Å². The summed E-state index contributed by atoms with van der Waals surface area (Å²) in [5.74, 6) is 0.162. The number of guanidine groups is 1. The third kappa shape index (κ3) is 9.16. The first-order chi connectivity index (χ1) is 12.1. The molecule has 4 N–H and O–H groups in total. The molecule has 0 saturated carbocycles. The lowest BCUT2D eigenvalue weighted by Crippen LogP contribution is -2.34. The van der Waals surface area contributed by atoms with Gasteiger partial charge < -0.3 is 11.1 Å². The van der Waals surface area contributed by atoms with E-state index in [1.165, 1.54) is 5.56 Å². The number of benzene rings is 2. The minimum atomic E-state index is -3.38. The Morgan fingerprint density at radius 2 is 1.54 bits per heavy atom. The van der Waals surface area contributed by atoms with Gasteiger partial charge in [0.1, 0.15) is 0 Å². The Morgan fingerprint density at radius 3 is 2.15 bits per heavy atom. The minimum Gasteiger partial charge on any atom is -0.370 e. The average Bonchev–Trinajstić information content (AvgIpc) is 2.62. The highest BCUT2D eigenvalue weighted by molar-refractivity contribution is 14.0. The summed E-state index contributed by atoms with van der Waals surface area (Å²) in [6, 6.07) is 19.4. The molecule has 0 atom stereocenters. The quantitative estimate of drug-likeness (QED) is 0.285. The fourth-order valence-corrected chi connectivity index (χ4v) is 3.05. The number of aliphatic imine (C=N–C) groups is 1. The Bertz CT molecular complexity index is 768. The van der Waals surface area contributed by atoms with Gasteiger partial charge in [-0.05, 0) is 17.5 Å². The molecule has 0 fully saturated rings. The van der Waals surface area contributed by atoms with E-state index in [0.717, 1.165) is 12.0 Å². The van der Waals surface area contributed by atoms with Crippen LogP contribution in [0.2, 0.25) is 0 Å². The van der Waals surface area contributed by atoms with Crippen molar-refractivity contribution in [2.24, 2.45) is 10.7 Å². The average molecular weight is 488 g/mol. The molecule has 0 amide bonds. The second-order valence-electron chi connectivity index (χ2n) is 5.55. The molecule has 6 nitrogen and oxygen atoms in total. The summed E-state index contributed by atoms with van der Waals surface area (Å²) in [7, 11) is -3.38. The van der Waals surface area contributed by atoms with Crippen molar-refractivity contribution in [2.45, 2.75) is 13.0 Å². The zero-order valence-corrected chi connectivity index (χ0v) is 17.6. The molecule has 0 radical (unpaired) electrons. The third-order valence-corrected chi connectivity index (χ3v) is 4.85. The Hall–Kier alpha value is -1.65. The highest BCUT2D eigenvalue weighted by atomic mass is 127. The summed E-state index contributed by atoms with van der Waals surface area (Å²) in [5.41, 5.74) is 7.87. The summed E-state index contributed by atoms with van der Waals surface area (Å²) in [5, 5.41) is 2.99. The molecule has 8 heteroatoms. The second kappa shape index (κ2) is 11.9. The predicted molar refractivity (Wildman–Crippen MR) is 117 cm³/mol. The maximum absolute atomic E-state index is 11.9. The smallest absolute Gasteiger partial charge is 0.213 e. The fraction of sp³-hybridized carbons (Fsp3) is 0.278. The van der Waals surface area contributed by atoms with Crippen molar-refractivity contribution < 1.29 is 8.42 Å². The van der Waals surface area contributed by atoms with Crippen LogP contribution in [0.5, 0.6) is 0 Å². The van der Waals surface area contributed by atoms with E-state index in [1.54, 1.807) is 0 Å². The SMILES string of the molecule is I.NC(=NCCS(=O)(=O)NCc1ccccc1)NCCc1ccccc1. The lowest BCUT2D eigenvalue weighted by molar-refractivity contribution is 0.581. The van der Waals surface area contributed by atoms with Gasteiger partial charge in [-0.2, -0.15) is 0 Å². The number of nitrogens with two attached hydrogens (primary N) is 1. The predicted octanol–water partition coefficient (Wildman–Crippen LogP) is 1.87. The first-order valence-electron chi connectivity index (χ1n) is 8.14. The van der Waals surface area contributed by atoms with E-state index in [9.17, 15) is 8.42 Å². The topological polar surface area (TPSA) is 96.6 Å². The molecule has 142 valence electrons. The van der Waals surface area contributed by atoms with Crippen LogP contribution in [-0.4, -0.2) is 33.2 Å². The molecule has 0 aromatic heterocycles. The van der Waals surface area contributed by atoms with Gasteiger partial charge >= 0.3 is 0 Å². The van der Waals surface area contributed by atoms with Crippen LogP contribution in [0.25, 0.3) is 0 Å². The molecule has 0 aliphatic rings. The van der Waals surface area contributed by atoms with Crippen LogP contribution in [0.15, 0.2) is 65.7 Å². The zero-order chi connectivity index (χ0) is 18.0. The summed E-state index contributed by atoms with van der Waals surface area (Å²) in [6.45, 7) is 1.05. The van der Waals surface area contributed by atoms with Gasteiger partial charge in [-0.1, -0.05) is 60.7 Å². The van der Waals surface area contributed by atoms with Crippen LogP contribution in [0.1, 0.15) is 11.1 Å². The van der Waals surface area contributed by atoms with E-state index in [4.69, 9.17) is 5.73 Å². The van der Waals surface area contributed by atoms with Crippen molar-refractivity contribution in [1.29, 1.82) is 0 Å². The number of rotatable bonds is 9. The molecule has 26 heavy (non-hydrogen) atoms. The van der Waals surface area contributed by atoms with Gasteiger partial charge in [0, 0.05) is 13.1 Å². The summed E-state index contributed by atoms with van der Waals surface area (Å²) >= 11 is 0. The van der Waals surface area contributed by atoms with Gasteiger partial charge in [0.15, 0.2) is 5.96 Å². The van der Waals surface area contributed by atoms with Crippen molar-refractivity contribution in [3.05, 3.63) is 71.8 Å². The molecule has 0 bridgehead atoms. The van der Waals surface area contributed by atoms with E-state index in [-0.39, 0.29) is 48.8 Å². The van der Waals surface area contributed by atoms with Crippen LogP contribution in [0.3, 0.4) is 0 Å². The number of halogens is 1. The number of sulfonamides is 1. The van der Waals surface area contributed by atoms with E-state index < -0.39 is 10.0 Å². The molecule has 0 spiro atoms. The maximum Gasteiger partial charge on any atom is 0.213 e. The second-order valence-corrected chi connectivity index (χ2v) is 7.48. The van der Waals surface area contributed by atoms with Crippen molar-refractivity contribution in [3.63, 3.8) is 0 Å². The Balaban J connectivity index is 0.00000338. The monoisotopic (exact) mass is 488 g/mol. The fourth-order valence-electron chi connectivity index (χ4n) is 2.18. The normalized spacial score (nSPS) is 11.6. The van der Waals surface area contributed by atoms with E-state index >= 15 is 0 Å². The van der Waals surface area contributed by atoms with Crippen LogP contribution < -0.4 is 15.8 Å². The molecule has 2 rings (SSSR count). The first kappa shape index (κ1) is 22.4. The van der Waals surface area contributed by atoms with Gasteiger partial charge in [0.2, 0.25) is 10.0 Å². The van der Waals surface area contributed by atoms with Crippen LogP contribution in [0, 0.1) is 0 Å². The first-order valence-corrected chi connectivity index (χ1v) is 9.79. The molecule has 0 aliphatic carbocycles. The third-order valence-electron chi connectivity index (χ3n) is 3.54. The van der Waals surface area contributed by atoms with Crippen molar-refractivity contribution in [1.82, 2.24) is 10.0 Å². The van der Waals surface area contributed by atoms with Crippen molar-refractivity contribution >= 4 is 40.0 Å². The lowest BCUT2D eigenvalue weighted by Gasteiger charge is -2.07. The van der Waals surface area contributed by atoms with Gasteiger partial charge in [0.05, 0.1) is 12.3 Å². The number of nitrogens with one attached hydrogen (secondary N) is 2. The molecular formula is C18H25IN4O2S. The van der Waals surface area contributed by atoms with E-state index in [0.29, 0.717) is 6.54 Å². The molecule has 0 aliphatic heterocycles. The van der Waals surface area contributed by atoms with Gasteiger partial charge in [0.25, 0.3) is 0 Å². The Kier molecular flexibility index (Phi) is 10.2. The van der Waals surface area contributed by atoms with Crippen molar-refractivity contribution in [3.8, 4) is 0 Å². The van der Waals surface area contributed by atoms with E-state index in [1.807, 2.05) is 60.7 Å². The number of hydrogen-bond donors (Lipinski definition) is 3. The summed E-state index contributed by atoms with van der Waals surface area (Å²) < 4.78 is 26.4. The minimum absolute atomic E-state index is 0. The van der Waals surface area contributed by atoms with Gasteiger partial charge in [-0.25, -0.2) is 13.1 Å². The van der Waals surface area contributed by atoms with Crippen molar-refractivity contribution in [2.75, 3.05) is 18.8 Å². The summed E-state index contributed by atoms with van der Waals surface area (Å²) in [6.07, 6.45) is 0.827. The largest absolute Gasteiger partial charge is 0.370 e. The lowest BCUT2D eigenvalue weighted by atomic mass is 10.1. The molecule has 2 aromatic carbocycles. The Morgan fingerprint density at radius 1 is 0.962 bits per heavy atom. The van der Waals surface area contributed by atoms with Crippen LogP contribution in [-0.2, 0) is 23.0 Å². The highest BCUT2D eigenvalue weighted by Crippen LogP contribution is 1.99. The molecule has 0 unspecified atom stereocenters. The molecular weight excluding hydrogens is 463 g/mol. The number of nitrogens with zero attached hydrogens (tertiary/aromatic N) is 1. The van der Waals surface area contributed by atoms with Gasteiger partial charge in [-0.3, -0.25) is 4.99 Å². The zero-order valence-electron chi connectivity index (χ0n) is 14.5. The summed E-state index contributed by atoms with van der Waals surface area (Å²) in [4.78, 5) is 4.06. The maximum atomic E-state index is 11.9. The molecule has 0 saturated heterocycles.